The van der Waals surface area contributed by atoms with Crippen LogP contribution in [0.25, 0.3) is 0 Å². The second kappa shape index (κ2) is 6.13. The third-order valence-corrected chi connectivity index (χ3v) is 5.75. The number of aliphatic hydroxyl groups excluding tert-OH is 1. The highest BCUT2D eigenvalue weighted by Crippen LogP contribution is 2.47. The smallest absolute Gasteiger partial charge is 0.0858 e. The minimum absolute atomic E-state index is 0.191. The van der Waals surface area contributed by atoms with Gasteiger partial charge in [0.2, 0.25) is 0 Å². The van der Waals surface area contributed by atoms with Crippen LogP contribution in [0.15, 0.2) is 22.7 Å². The molecule has 2 nitrogen and oxygen atoms in total. The minimum atomic E-state index is -0.532. The van der Waals surface area contributed by atoms with Crippen molar-refractivity contribution in [3.63, 3.8) is 0 Å². The fourth-order valence-electron chi connectivity index (χ4n) is 2.96. The van der Waals surface area contributed by atoms with E-state index >= 15 is 0 Å². The number of hydrogen-bond acceptors (Lipinski definition) is 2. The lowest BCUT2D eigenvalue weighted by Gasteiger charge is -2.42. The van der Waals surface area contributed by atoms with Gasteiger partial charge in [0.15, 0.2) is 0 Å². The van der Waals surface area contributed by atoms with Gasteiger partial charge in [0.1, 0.15) is 0 Å². The summed E-state index contributed by atoms with van der Waals surface area (Å²) in [5, 5.41) is 11.4. The summed E-state index contributed by atoms with van der Waals surface area (Å²) in [6.45, 7) is 2.79. The summed E-state index contributed by atoms with van der Waals surface area (Å²) in [6, 6.07) is 5.65. The molecule has 0 saturated heterocycles. The third-order valence-electron chi connectivity index (χ3n) is 4.52. The molecular weight excluding hydrogens is 326 g/mol. The van der Waals surface area contributed by atoms with Crippen molar-refractivity contribution >= 4 is 27.5 Å². The maximum absolute atomic E-state index is 10.7. The van der Waals surface area contributed by atoms with Gasteiger partial charge in [-0.25, -0.2) is 0 Å². The predicted octanol–water partition coefficient (Wildman–Crippen LogP) is 4.29. The summed E-state index contributed by atoms with van der Waals surface area (Å²) in [5.41, 5.74) is 6.67. The summed E-state index contributed by atoms with van der Waals surface area (Å²) >= 11 is 9.49. The molecule has 3 N–H and O–H groups in total. The van der Waals surface area contributed by atoms with E-state index in [1.165, 1.54) is 0 Å². The van der Waals surface area contributed by atoms with E-state index in [0.717, 1.165) is 41.6 Å². The molecule has 1 unspecified atom stereocenters. The highest BCUT2D eigenvalue weighted by molar-refractivity contribution is 9.10. The van der Waals surface area contributed by atoms with Crippen LogP contribution in [0.1, 0.15) is 44.3 Å². The molecule has 1 aliphatic carbocycles. The van der Waals surface area contributed by atoms with E-state index in [9.17, 15) is 5.11 Å². The molecule has 0 aromatic heterocycles. The van der Waals surface area contributed by atoms with E-state index in [0.29, 0.717) is 11.6 Å². The van der Waals surface area contributed by atoms with Gasteiger partial charge >= 0.3 is 0 Å². The molecule has 19 heavy (non-hydrogen) atoms. The standard InChI is InChI=1S/C15H21BrClNO/c1-10-4-6-15(9-18,7-5-10)14(19)11-2-3-12(16)13(17)8-11/h2-3,8,10,14,19H,4-7,9,18H2,1H3. The monoisotopic (exact) mass is 345 g/mol. The number of benzene rings is 1. The molecule has 0 bridgehead atoms. The maximum atomic E-state index is 10.7. The first kappa shape index (κ1) is 15.3. The Bertz CT molecular complexity index is 444. The first-order chi connectivity index (χ1) is 8.98. The fourth-order valence-corrected chi connectivity index (χ4v) is 3.40. The Hall–Kier alpha value is -0.0900. The van der Waals surface area contributed by atoms with Crippen molar-refractivity contribution in [3.05, 3.63) is 33.3 Å². The summed E-state index contributed by atoms with van der Waals surface area (Å²) in [6.07, 6.45) is 3.71. The lowest BCUT2D eigenvalue weighted by molar-refractivity contribution is -0.00818. The molecule has 1 saturated carbocycles. The lowest BCUT2D eigenvalue weighted by atomic mass is 9.66. The van der Waals surface area contributed by atoms with Crippen LogP contribution in [0.5, 0.6) is 0 Å². The first-order valence-corrected chi connectivity index (χ1v) is 7.99. The van der Waals surface area contributed by atoms with Gasteiger partial charge in [-0.2, -0.15) is 0 Å². The Morgan fingerprint density at radius 2 is 2.11 bits per heavy atom. The van der Waals surface area contributed by atoms with Gasteiger partial charge in [-0.15, -0.1) is 0 Å². The average Bonchev–Trinajstić information content (AvgIpc) is 2.42. The Labute approximate surface area is 128 Å². The third kappa shape index (κ3) is 3.15. The van der Waals surface area contributed by atoms with Crippen LogP contribution < -0.4 is 5.73 Å². The number of hydrogen-bond donors (Lipinski definition) is 2. The Kier molecular flexibility index (Phi) is 4.93. The molecule has 0 radical (unpaired) electrons. The van der Waals surface area contributed by atoms with Crippen molar-refractivity contribution in [2.75, 3.05) is 6.54 Å². The molecule has 1 atom stereocenters. The summed E-state index contributed by atoms with van der Waals surface area (Å²) in [4.78, 5) is 0. The SMILES string of the molecule is CC1CCC(CN)(C(O)c2ccc(Br)c(Cl)c2)CC1. The molecule has 1 fully saturated rings. The van der Waals surface area contributed by atoms with Crippen LogP contribution in [0.3, 0.4) is 0 Å². The number of nitrogens with two attached hydrogens (primary N) is 1. The molecule has 0 heterocycles. The summed E-state index contributed by atoms with van der Waals surface area (Å²) < 4.78 is 0.851. The highest BCUT2D eigenvalue weighted by Gasteiger charge is 2.40. The zero-order valence-electron chi connectivity index (χ0n) is 11.2. The van der Waals surface area contributed by atoms with Crippen LogP contribution >= 0.6 is 27.5 Å². The molecule has 0 amide bonds. The Morgan fingerprint density at radius 3 is 2.63 bits per heavy atom. The van der Waals surface area contributed by atoms with Crippen LogP contribution in [0, 0.1) is 11.3 Å². The molecule has 1 aromatic rings. The molecule has 4 heteroatoms. The van der Waals surface area contributed by atoms with Crippen LogP contribution in [0.2, 0.25) is 5.02 Å². The molecule has 0 aliphatic heterocycles. The Morgan fingerprint density at radius 1 is 1.47 bits per heavy atom. The molecule has 2 rings (SSSR count). The normalized spacial score (nSPS) is 29.2. The van der Waals surface area contributed by atoms with Gasteiger partial charge in [-0.1, -0.05) is 37.4 Å². The second-order valence-corrected chi connectivity index (χ2v) is 7.09. The molecule has 1 aromatic carbocycles. The summed E-state index contributed by atoms with van der Waals surface area (Å²) in [7, 11) is 0. The summed E-state index contributed by atoms with van der Waals surface area (Å²) in [5.74, 6) is 0.736. The molecule has 0 spiro atoms. The number of aliphatic hydroxyl groups is 1. The zero-order valence-corrected chi connectivity index (χ0v) is 13.5. The van der Waals surface area contributed by atoms with Crippen molar-refractivity contribution in [1.82, 2.24) is 0 Å². The van der Waals surface area contributed by atoms with Crippen molar-refractivity contribution in [1.29, 1.82) is 0 Å². The van der Waals surface area contributed by atoms with Crippen molar-refractivity contribution in [2.45, 2.75) is 38.7 Å². The highest BCUT2D eigenvalue weighted by atomic mass is 79.9. The first-order valence-electron chi connectivity index (χ1n) is 6.81. The van der Waals surface area contributed by atoms with Crippen LogP contribution in [-0.4, -0.2) is 11.7 Å². The average molecular weight is 347 g/mol. The van der Waals surface area contributed by atoms with Crippen LogP contribution in [0.4, 0.5) is 0 Å². The van der Waals surface area contributed by atoms with E-state index in [4.69, 9.17) is 17.3 Å². The van der Waals surface area contributed by atoms with E-state index in [-0.39, 0.29) is 5.41 Å². The lowest BCUT2D eigenvalue weighted by Crippen LogP contribution is -2.39. The minimum Gasteiger partial charge on any atom is -0.388 e. The van der Waals surface area contributed by atoms with Gasteiger partial charge in [-0.3, -0.25) is 0 Å². The maximum Gasteiger partial charge on any atom is 0.0858 e. The van der Waals surface area contributed by atoms with E-state index in [1.54, 1.807) is 0 Å². The van der Waals surface area contributed by atoms with Gasteiger partial charge < -0.3 is 10.8 Å². The van der Waals surface area contributed by atoms with Gasteiger partial charge in [0.25, 0.3) is 0 Å². The molecule has 1 aliphatic rings. The quantitative estimate of drug-likeness (QED) is 0.857. The van der Waals surface area contributed by atoms with E-state index < -0.39 is 6.10 Å². The number of rotatable bonds is 3. The second-order valence-electron chi connectivity index (χ2n) is 5.83. The Balaban J connectivity index is 2.25. The van der Waals surface area contributed by atoms with Gasteiger partial charge in [-0.05, 0) is 52.4 Å². The largest absolute Gasteiger partial charge is 0.388 e. The van der Waals surface area contributed by atoms with E-state index in [1.807, 2.05) is 18.2 Å². The molecular formula is C15H21BrClNO. The predicted molar refractivity (Wildman–Crippen MR) is 83.2 cm³/mol. The van der Waals surface area contributed by atoms with Gasteiger partial charge in [0, 0.05) is 16.4 Å². The zero-order chi connectivity index (χ0) is 14.0. The van der Waals surface area contributed by atoms with Crippen molar-refractivity contribution in [2.24, 2.45) is 17.1 Å². The van der Waals surface area contributed by atoms with E-state index in [2.05, 4.69) is 22.9 Å². The molecule has 106 valence electrons. The van der Waals surface area contributed by atoms with Crippen LogP contribution in [-0.2, 0) is 0 Å². The van der Waals surface area contributed by atoms with Crippen molar-refractivity contribution < 1.29 is 5.11 Å². The van der Waals surface area contributed by atoms with Gasteiger partial charge in [0.05, 0.1) is 11.1 Å². The fraction of sp³-hybridized carbons (Fsp3) is 0.600. The van der Waals surface area contributed by atoms with Crippen molar-refractivity contribution in [3.8, 4) is 0 Å². The topological polar surface area (TPSA) is 46.2 Å². The number of halogens is 2.